The number of ether oxygens (including phenoxy) is 1. The lowest BCUT2D eigenvalue weighted by atomic mass is 10.0. The number of fused-ring (bicyclic) bond motifs is 1. The summed E-state index contributed by atoms with van der Waals surface area (Å²) in [5.41, 5.74) is 3.01. The summed E-state index contributed by atoms with van der Waals surface area (Å²) in [6.45, 7) is 5.97. The molecule has 0 saturated carbocycles. The largest absolute Gasteiger partial charge is 0.478 e. The predicted molar refractivity (Wildman–Crippen MR) is 98.6 cm³/mol. The number of carbonyl (C=O) groups is 2. The standard InChI is InChI=1S/C20H21NO5/c1-13(9-19(22)21-5-7-25-8-6-21)15-3-4-17-16(11-15)12-18(26-17)14(2)10-20(23)24/h3-4,9-12H,5-8H2,1-2H3,(H,23,24)/b13-9+,14-10+. The highest BCUT2D eigenvalue weighted by molar-refractivity contribution is 5.96. The summed E-state index contributed by atoms with van der Waals surface area (Å²) >= 11 is 0. The number of allylic oxidation sites excluding steroid dienone is 2. The Kier molecular flexibility index (Phi) is 5.23. The molecule has 0 radical (unpaired) electrons. The van der Waals surface area contributed by atoms with E-state index in [2.05, 4.69) is 0 Å². The molecule has 6 heteroatoms. The van der Waals surface area contributed by atoms with Gasteiger partial charge in [-0.2, -0.15) is 0 Å². The molecule has 1 saturated heterocycles. The fourth-order valence-electron chi connectivity index (χ4n) is 2.88. The molecule has 2 heterocycles. The van der Waals surface area contributed by atoms with E-state index >= 15 is 0 Å². The van der Waals surface area contributed by atoms with Gasteiger partial charge in [-0.1, -0.05) is 6.07 Å². The lowest BCUT2D eigenvalue weighted by molar-refractivity contribution is -0.131. The van der Waals surface area contributed by atoms with Gasteiger partial charge in [0.05, 0.1) is 13.2 Å². The average Bonchev–Trinajstić information content (AvgIpc) is 3.05. The normalized spacial score (nSPS) is 16.2. The van der Waals surface area contributed by atoms with E-state index in [-0.39, 0.29) is 5.91 Å². The fraction of sp³-hybridized carbons (Fsp3) is 0.300. The summed E-state index contributed by atoms with van der Waals surface area (Å²) in [6, 6.07) is 7.47. The molecule has 0 unspecified atom stereocenters. The van der Waals surface area contributed by atoms with Gasteiger partial charge in [0.25, 0.3) is 0 Å². The lowest BCUT2D eigenvalue weighted by Gasteiger charge is -2.25. The lowest BCUT2D eigenvalue weighted by Crippen LogP contribution is -2.39. The van der Waals surface area contributed by atoms with E-state index in [4.69, 9.17) is 14.3 Å². The number of nitrogens with zero attached hydrogens (tertiary/aromatic N) is 1. The van der Waals surface area contributed by atoms with Crippen molar-refractivity contribution in [2.24, 2.45) is 0 Å². The number of benzene rings is 1. The van der Waals surface area contributed by atoms with Crippen LogP contribution in [0.1, 0.15) is 25.2 Å². The molecule has 0 aliphatic carbocycles. The van der Waals surface area contributed by atoms with Crippen molar-refractivity contribution in [1.29, 1.82) is 0 Å². The van der Waals surface area contributed by atoms with E-state index in [1.165, 1.54) is 0 Å². The van der Waals surface area contributed by atoms with Crippen molar-refractivity contribution in [3.05, 3.63) is 47.7 Å². The van der Waals surface area contributed by atoms with Gasteiger partial charge in [0.2, 0.25) is 5.91 Å². The van der Waals surface area contributed by atoms with Crippen molar-refractivity contribution in [2.75, 3.05) is 26.3 Å². The second kappa shape index (κ2) is 7.58. The Morgan fingerprint density at radius 3 is 2.50 bits per heavy atom. The Hall–Kier alpha value is -2.86. The number of carboxylic acid groups (broad SMARTS) is 1. The number of hydrogen-bond acceptors (Lipinski definition) is 4. The molecule has 1 aliphatic rings. The van der Waals surface area contributed by atoms with Gasteiger partial charge in [-0.25, -0.2) is 4.79 Å². The predicted octanol–water partition coefficient (Wildman–Crippen LogP) is 3.18. The number of morpholine rings is 1. The van der Waals surface area contributed by atoms with E-state index < -0.39 is 5.97 Å². The van der Waals surface area contributed by atoms with Crippen LogP contribution in [-0.4, -0.2) is 48.2 Å². The molecular weight excluding hydrogens is 334 g/mol. The van der Waals surface area contributed by atoms with Gasteiger partial charge in [-0.3, -0.25) is 4.79 Å². The number of amides is 1. The summed E-state index contributed by atoms with van der Waals surface area (Å²) in [4.78, 5) is 24.9. The SMILES string of the molecule is C/C(=C\C(=O)N1CCOCC1)c1ccc2oc(/C(C)=C/C(=O)O)cc2c1. The first-order valence-corrected chi connectivity index (χ1v) is 8.44. The minimum atomic E-state index is -1.01. The average molecular weight is 355 g/mol. The summed E-state index contributed by atoms with van der Waals surface area (Å²) in [6.07, 6.45) is 2.76. The maximum atomic E-state index is 12.4. The first-order chi connectivity index (χ1) is 12.4. The molecule has 1 aromatic heterocycles. The maximum Gasteiger partial charge on any atom is 0.328 e. The van der Waals surface area contributed by atoms with Gasteiger partial charge in [0.1, 0.15) is 11.3 Å². The molecule has 136 valence electrons. The smallest absolute Gasteiger partial charge is 0.328 e. The van der Waals surface area contributed by atoms with Crippen LogP contribution >= 0.6 is 0 Å². The molecule has 1 N–H and O–H groups in total. The fourth-order valence-corrected chi connectivity index (χ4v) is 2.88. The topological polar surface area (TPSA) is 80.0 Å². The third-order valence-corrected chi connectivity index (χ3v) is 4.36. The number of furan rings is 1. The van der Waals surface area contributed by atoms with Crippen molar-refractivity contribution in [1.82, 2.24) is 4.90 Å². The van der Waals surface area contributed by atoms with E-state index in [0.717, 1.165) is 22.6 Å². The molecule has 6 nitrogen and oxygen atoms in total. The van der Waals surface area contributed by atoms with Gasteiger partial charge in [0.15, 0.2) is 0 Å². The zero-order chi connectivity index (χ0) is 18.7. The molecule has 26 heavy (non-hydrogen) atoms. The van der Waals surface area contributed by atoms with Crippen molar-refractivity contribution >= 4 is 34.0 Å². The number of aliphatic carboxylic acids is 1. The van der Waals surface area contributed by atoms with E-state index in [9.17, 15) is 9.59 Å². The van der Waals surface area contributed by atoms with Crippen LogP contribution in [0, 0.1) is 0 Å². The number of carboxylic acids is 1. The van der Waals surface area contributed by atoms with Crippen LogP contribution in [0.4, 0.5) is 0 Å². The van der Waals surface area contributed by atoms with Crippen molar-refractivity contribution in [2.45, 2.75) is 13.8 Å². The number of hydrogen-bond donors (Lipinski definition) is 1. The molecule has 0 atom stereocenters. The third-order valence-electron chi connectivity index (χ3n) is 4.36. The molecule has 2 aromatic rings. The number of rotatable bonds is 4. The Morgan fingerprint density at radius 2 is 1.81 bits per heavy atom. The molecule has 0 spiro atoms. The van der Waals surface area contributed by atoms with Crippen LogP contribution in [0.5, 0.6) is 0 Å². The monoisotopic (exact) mass is 355 g/mol. The third kappa shape index (κ3) is 4.03. The summed E-state index contributed by atoms with van der Waals surface area (Å²) in [5, 5.41) is 9.72. The van der Waals surface area contributed by atoms with Crippen LogP contribution in [0.25, 0.3) is 22.1 Å². The Balaban J connectivity index is 1.84. The van der Waals surface area contributed by atoms with Gasteiger partial charge in [-0.05, 0) is 48.8 Å². The Morgan fingerprint density at radius 1 is 1.08 bits per heavy atom. The van der Waals surface area contributed by atoms with Crippen LogP contribution in [0.2, 0.25) is 0 Å². The highest BCUT2D eigenvalue weighted by atomic mass is 16.5. The highest BCUT2D eigenvalue weighted by Gasteiger charge is 2.15. The van der Waals surface area contributed by atoms with Crippen LogP contribution in [0.3, 0.4) is 0 Å². The zero-order valence-corrected chi connectivity index (χ0v) is 14.8. The molecule has 1 fully saturated rings. The van der Waals surface area contributed by atoms with Crippen LogP contribution in [0.15, 0.2) is 40.8 Å². The van der Waals surface area contributed by atoms with Crippen LogP contribution in [-0.2, 0) is 14.3 Å². The molecular formula is C20H21NO5. The Bertz CT molecular complexity index is 900. The van der Waals surface area contributed by atoms with E-state index in [1.54, 1.807) is 17.9 Å². The summed E-state index contributed by atoms with van der Waals surface area (Å²) in [7, 11) is 0. The second-order valence-corrected chi connectivity index (χ2v) is 6.29. The van der Waals surface area contributed by atoms with Crippen molar-refractivity contribution in [3.63, 3.8) is 0 Å². The molecule has 1 aliphatic heterocycles. The van der Waals surface area contributed by atoms with Crippen molar-refractivity contribution in [3.8, 4) is 0 Å². The highest BCUT2D eigenvalue weighted by Crippen LogP contribution is 2.27. The van der Waals surface area contributed by atoms with E-state index in [1.807, 2.05) is 31.2 Å². The maximum absolute atomic E-state index is 12.4. The molecule has 3 rings (SSSR count). The molecule has 1 amide bonds. The quantitative estimate of drug-likeness (QED) is 0.852. The van der Waals surface area contributed by atoms with Gasteiger partial charge in [0, 0.05) is 30.6 Å². The zero-order valence-electron chi connectivity index (χ0n) is 14.8. The van der Waals surface area contributed by atoms with Gasteiger partial charge < -0.3 is 19.2 Å². The summed E-state index contributed by atoms with van der Waals surface area (Å²) in [5.74, 6) is -0.506. The second-order valence-electron chi connectivity index (χ2n) is 6.29. The first kappa shape index (κ1) is 17.9. The molecule has 1 aromatic carbocycles. The summed E-state index contributed by atoms with van der Waals surface area (Å²) < 4.78 is 11.0. The van der Waals surface area contributed by atoms with Crippen LogP contribution < -0.4 is 0 Å². The van der Waals surface area contributed by atoms with E-state index in [0.29, 0.717) is 43.2 Å². The minimum absolute atomic E-state index is 0.0148. The molecule has 0 bridgehead atoms. The number of carbonyl (C=O) groups excluding carboxylic acids is 1. The Labute approximate surface area is 151 Å². The van der Waals surface area contributed by atoms with Gasteiger partial charge in [-0.15, -0.1) is 0 Å². The first-order valence-electron chi connectivity index (χ1n) is 8.44. The van der Waals surface area contributed by atoms with Gasteiger partial charge >= 0.3 is 5.97 Å². The minimum Gasteiger partial charge on any atom is -0.478 e. The van der Waals surface area contributed by atoms with Crippen molar-refractivity contribution < 1.29 is 23.8 Å².